The lowest BCUT2D eigenvalue weighted by Gasteiger charge is -2.16. The van der Waals surface area contributed by atoms with E-state index in [0.717, 1.165) is 40.0 Å². The number of nitrogens with zero attached hydrogens (tertiary/aromatic N) is 4. The van der Waals surface area contributed by atoms with Crippen LogP contribution in [-0.2, 0) is 6.54 Å². The van der Waals surface area contributed by atoms with E-state index in [-0.39, 0.29) is 0 Å². The Bertz CT molecular complexity index is 1200. The number of ether oxygens (including phenoxy) is 3. The molecule has 0 spiro atoms. The molecule has 7 heteroatoms. The predicted molar refractivity (Wildman–Crippen MR) is 116 cm³/mol. The van der Waals surface area contributed by atoms with E-state index in [2.05, 4.69) is 24.9 Å². The van der Waals surface area contributed by atoms with Gasteiger partial charge in [-0.25, -0.2) is 4.98 Å². The molecule has 0 radical (unpaired) electrons. The maximum absolute atomic E-state index is 5.69. The normalized spacial score (nSPS) is 11.0. The topological polar surface area (TPSA) is 71.3 Å². The highest BCUT2D eigenvalue weighted by atomic mass is 16.5. The highest BCUT2D eigenvalue weighted by Gasteiger charge is 2.21. The zero-order chi connectivity index (χ0) is 21.3. The lowest BCUT2D eigenvalue weighted by molar-refractivity contribution is 0.325. The van der Waals surface area contributed by atoms with Crippen molar-refractivity contribution >= 4 is 11.0 Å². The van der Waals surface area contributed by atoms with Gasteiger partial charge in [0.2, 0.25) is 5.75 Å². The molecule has 4 aromatic rings. The van der Waals surface area contributed by atoms with Gasteiger partial charge in [-0.3, -0.25) is 9.67 Å². The summed E-state index contributed by atoms with van der Waals surface area (Å²) in [6, 6.07) is 9.83. The highest BCUT2D eigenvalue weighted by molar-refractivity contribution is 5.97. The van der Waals surface area contributed by atoms with Gasteiger partial charge >= 0.3 is 0 Å². The van der Waals surface area contributed by atoms with Gasteiger partial charge in [-0.15, -0.1) is 0 Å². The number of rotatable bonds is 6. The second kappa shape index (κ2) is 8.02. The van der Waals surface area contributed by atoms with E-state index in [1.54, 1.807) is 33.7 Å². The van der Waals surface area contributed by atoms with E-state index in [4.69, 9.17) is 24.3 Å². The summed E-state index contributed by atoms with van der Waals surface area (Å²) in [5.74, 6) is 1.69. The van der Waals surface area contributed by atoms with Crippen molar-refractivity contribution in [1.82, 2.24) is 19.7 Å². The van der Waals surface area contributed by atoms with Gasteiger partial charge in [0.1, 0.15) is 0 Å². The fraction of sp³-hybridized carbons (Fsp3) is 0.261. The largest absolute Gasteiger partial charge is 0.493 e. The van der Waals surface area contributed by atoms with Gasteiger partial charge in [0.25, 0.3) is 0 Å². The summed E-state index contributed by atoms with van der Waals surface area (Å²) in [5, 5.41) is 5.76. The third-order valence-electron chi connectivity index (χ3n) is 5.24. The van der Waals surface area contributed by atoms with Crippen molar-refractivity contribution in [3.63, 3.8) is 0 Å². The second-order valence-electron chi connectivity index (χ2n) is 6.77. The van der Waals surface area contributed by atoms with Gasteiger partial charge in [-0.05, 0) is 55.3 Å². The first kappa shape index (κ1) is 19.7. The van der Waals surface area contributed by atoms with Gasteiger partial charge in [0, 0.05) is 35.6 Å². The predicted octanol–water partition coefficient (Wildman–Crippen LogP) is 4.51. The summed E-state index contributed by atoms with van der Waals surface area (Å²) >= 11 is 0. The first-order chi connectivity index (χ1) is 14.6. The zero-order valence-electron chi connectivity index (χ0n) is 17.8. The molecule has 0 bridgehead atoms. The number of methoxy groups -OCH3 is 3. The molecule has 0 amide bonds. The molecule has 0 aliphatic rings. The Morgan fingerprint density at radius 1 is 0.900 bits per heavy atom. The van der Waals surface area contributed by atoms with Crippen molar-refractivity contribution < 1.29 is 14.2 Å². The number of aryl methyl sites for hydroxylation is 2. The maximum Gasteiger partial charge on any atom is 0.203 e. The van der Waals surface area contributed by atoms with Crippen LogP contribution in [0.1, 0.15) is 12.6 Å². The van der Waals surface area contributed by atoms with Crippen LogP contribution in [0.25, 0.3) is 33.4 Å². The average molecular weight is 404 g/mol. The molecule has 4 rings (SSSR count). The number of aromatic nitrogens is 4. The Labute approximate surface area is 175 Å². The van der Waals surface area contributed by atoms with E-state index in [0.29, 0.717) is 22.9 Å². The SMILES string of the molecule is CCn1nc2nc(-c3ccc(OC)c(OC)c3OC)cc(-c3ccncc3)c2c1C. The summed E-state index contributed by atoms with van der Waals surface area (Å²) < 4.78 is 18.6. The van der Waals surface area contributed by atoms with Crippen LogP contribution in [0.3, 0.4) is 0 Å². The molecular weight excluding hydrogens is 380 g/mol. The number of hydrogen-bond donors (Lipinski definition) is 0. The number of pyridine rings is 2. The monoisotopic (exact) mass is 404 g/mol. The van der Waals surface area contributed by atoms with E-state index < -0.39 is 0 Å². The molecule has 3 heterocycles. The number of fused-ring (bicyclic) bond motifs is 1. The number of benzene rings is 1. The molecule has 0 unspecified atom stereocenters. The molecule has 3 aromatic heterocycles. The molecule has 7 nitrogen and oxygen atoms in total. The molecule has 30 heavy (non-hydrogen) atoms. The Hall–Kier alpha value is -3.61. The minimum atomic E-state index is 0.528. The van der Waals surface area contributed by atoms with Crippen molar-refractivity contribution in [3.05, 3.63) is 48.4 Å². The van der Waals surface area contributed by atoms with Gasteiger partial charge in [0.05, 0.1) is 27.0 Å². The second-order valence-corrected chi connectivity index (χ2v) is 6.77. The standard InChI is InChI=1S/C23H24N4O3/c1-6-27-14(2)20-17(15-9-11-24-12-10-15)13-18(25-23(20)26-27)16-7-8-19(28-3)22(30-5)21(16)29-4/h7-13H,6H2,1-5H3. The van der Waals surface area contributed by atoms with Gasteiger partial charge < -0.3 is 14.2 Å². The molecule has 0 atom stereocenters. The van der Waals surface area contributed by atoms with Crippen LogP contribution in [0.4, 0.5) is 0 Å². The van der Waals surface area contributed by atoms with Crippen molar-refractivity contribution in [2.24, 2.45) is 0 Å². The molecule has 0 aliphatic heterocycles. The summed E-state index contributed by atoms with van der Waals surface area (Å²) in [7, 11) is 4.80. The Morgan fingerprint density at radius 2 is 1.63 bits per heavy atom. The van der Waals surface area contributed by atoms with Crippen LogP contribution in [0.5, 0.6) is 17.2 Å². The summed E-state index contributed by atoms with van der Waals surface area (Å²) in [6.07, 6.45) is 3.58. The van der Waals surface area contributed by atoms with Crippen LogP contribution in [0.15, 0.2) is 42.7 Å². The third-order valence-corrected chi connectivity index (χ3v) is 5.24. The van der Waals surface area contributed by atoms with Crippen molar-refractivity contribution in [3.8, 4) is 39.6 Å². The fourth-order valence-corrected chi connectivity index (χ4v) is 3.79. The smallest absolute Gasteiger partial charge is 0.203 e. The minimum Gasteiger partial charge on any atom is -0.493 e. The highest BCUT2D eigenvalue weighted by Crippen LogP contribution is 2.45. The number of hydrogen-bond acceptors (Lipinski definition) is 6. The summed E-state index contributed by atoms with van der Waals surface area (Å²) in [5.41, 5.74) is 5.42. The quantitative estimate of drug-likeness (QED) is 0.471. The van der Waals surface area contributed by atoms with E-state index in [1.807, 2.05) is 28.9 Å². The third kappa shape index (κ3) is 3.12. The van der Waals surface area contributed by atoms with Crippen LogP contribution < -0.4 is 14.2 Å². The van der Waals surface area contributed by atoms with Crippen molar-refractivity contribution in [2.45, 2.75) is 20.4 Å². The lowest BCUT2D eigenvalue weighted by Crippen LogP contribution is -1.98. The first-order valence-corrected chi connectivity index (χ1v) is 9.70. The first-order valence-electron chi connectivity index (χ1n) is 9.70. The van der Waals surface area contributed by atoms with Crippen LogP contribution in [0.2, 0.25) is 0 Å². The Balaban J connectivity index is 2.04. The minimum absolute atomic E-state index is 0.528. The van der Waals surface area contributed by atoms with Crippen LogP contribution in [0, 0.1) is 6.92 Å². The fourth-order valence-electron chi connectivity index (χ4n) is 3.79. The van der Waals surface area contributed by atoms with Gasteiger partial charge in [-0.1, -0.05) is 0 Å². The van der Waals surface area contributed by atoms with Gasteiger partial charge in [-0.2, -0.15) is 5.10 Å². The van der Waals surface area contributed by atoms with Gasteiger partial charge in [0.15, 0.2) is 17.1 Å². The molecule has 1 aromatic carbocycles. The van der Waals surface area contributed by atoms with Crippen LogP contribution >= 0.6 is 0 Å². The van der Waals surface area contributed by atoms with E-state index in [1.165, 1.54) is 0 Å². The Morgan fingerprint density at radius 3 is 2.27 bits per heavy atom. The molecule has 0 N–H and O–H groups in total. The van der Waals surface area contributed by atoms with Crippen molar-refractivity contribution in [2.75, 3.05) is 21.3 Å². The van der Waals surface area contributed by atoms with Crippen LogP contribution in [-0.4, -0.2) is 41.1 Å². The molecule has 0 saturated heterocycles. The molecule has 0 saturated carbocycles. The summed E-state index contributed by atoms with van der Waals surface area (Å²) in [4.78, 5) is 9.03. The molecule has 154 valence electrons. The van der Waals surface area contributed by atoms with E-state index in [9.17, 15) is 0 Å². The lowest BCUT2D eigenvalue weighted by atomic mass is 9.99. The Kier molecular flexibility index (Phi) is 5.27. The molecule has 0 fully saturated rings. The zero-order valence-corrected chi connectivity index (χ0v) is 17.8. The molecular formula is C23H24N4O3. The summed E-state index contributed by atoms with van der Waals surface area (Å²) in [6.45, 7) is 4.91. The van der Waals surface area contributed by atoms with E-state index >= 15 is 0 Å². The average Bonchev–Trinajstić information content (AvgIpc) is 3.13. The maximum atomic E-state index is 5.69. The molecule has 0 aliphatic carbocycles. The van der Waals surface area contributed by atoms with Crippen molar-refractivity contribution in [1.29, 1.82) is 0 Å².